The molecule has 2 heteroatoms. The molecule has 58 valence electrons. The Balaban J connectivity index is 1.79. The van der Waals surface area contributed by atoms with Gasteiger partial charge in [0.25, 0.3) is 0 Å². The zero-order valence-corrected chi connectivity index (χ0v) is 6.21. The first-order valence-electron chi connectivity index (χ1n) is 4.17. The van der Waals surface area contributed by atoms with Gasteiger partial charge in [-0.1, -0.05) is 0 Å². The van der Waals surface area contributed by atoms with Crippen LogP contribution >= 0.6 is 0 Å². The zero-order valence-electron chi connectivity index (χ0n) is 6.21. The summed E-state index contributed by atoms with van der Waals surface area (Å²) in [5.74, 6) is 0.621. The molecule has 10 heavy (non-hydrogen) atoms. The van der Waals surface area contributed by atoms with E-state index in [-0.39, 0.29) is 6.10 Å². The Kier molecular flexibility index (Phi) is 1.29. The Morgan fingerprint density at radius 3 is 2.70 bits per heavy atom. The minimum Gasteiger partial charge on any atom is -0.393 e. The zero-order chi connectivity index (χ0) is 7.19. The average Bonchev–Trinajstić information content (AvgIpc) is 2.76. The van der Waals surface area contributed by atoms with E-state index in [1.807, 2.05) is 0 Å². The van der Waals surface area contributed by atoms with Gasteiger partial charge in [0.05, 0.1) is 6.10 Å². The molecule has 0 saturated heterocycles. The highest BCUT2D eigenvalue weighted by Crippen LogP contribution is 2.71. The first kappa shape index (κ1) is 6.62. The minimum absolute atomic E-state index is 0.0903. The maximum atomic E-state index is 9.48. The minimum atomic E-state index is -0.0903. The van der Waals surface area contributed by atoms with Gasteiger partial charge in [-0.2, -0.15) is 0 Å². The van der Waals surface area contributed by atoms with Crippen molar-refractivity contribution in [3.8, 4) is 0 Å². The molecule has 0 heterocycles. The van der Waals surface area contributed by atoms with Crippen molar-refractivity contribution in [3.63, 3.8) is 0 Å². The van der Waals surface area contributed by atoms with Crippen LogP contribution in [0.2, 0.25) is 0 Å². The molecule has 0 radical (unpaired) electrons. The van der Waals surface area contributed by atoms with E-state index in [0.29, 0.717) is 17.9 Å². The largest absolute Gasteiger partial charge is 0.393 e. The SMILES string of the molecule is NCCC(O)C1CC12CC2. The van der Waals surface area contributed by atoms with Gasteiger partial charge in [-0.05, 0) is 43.6 Å². The summed E-state index contributed by atoms with van der Waals surface area (Å²) in [7, 11) is 0. The summed E-state index contributed by atoms with van der Waals surface area (Å²) < 4.78 is 0. The molecule has 2 unspecified atom stereocenters. The summed E-state index contributed by atoms with van der Waals surface area (Å²) in [6, 6.07) is 0. The molecule has 0 aromatic rings. The summed E-state index contributed by atoms with van der Waals surface area (Å²) in [5.41, 5.74) is 5.98. The lowest BCUT2D eigenvalue weighted by Gasteiger charge is -2.06. The molecule has 0 aromatic carbocycles. The Morgan fingerprint density at radius 1 is 1.60 bits per heavy atom. The first-order chi connectivity index (χ1) is 4.78. The number of aliphatic hydroxyl groups is 1. The highest BCUT2D eigenvalue weighted by atomic mass is 16.3. The van der Waals surface area contributed by atoms with Gasteiger partial charge in [0, 0.05) is 0 Å². The predicted molar refractivity (Wildman–Crippen MR) is 39.5 cm³/mol. The van der Waals surface area contributed by atoms with Crippen molar-refractivity contribution in [2.45, 2.75) is 31.8 Å². The maximum Gasteiger partial charge on any atom is 0.0585 e. The van der Waals surface area contributed by atoms with Crippen LogP contribution in [0.25, 0.3) is 0 Å². The lowest BCUT2D eigenvalue weighted by atomic mass is 10.1. The fourth-order valence-electron chi connectivity index (χ4n) is 2.03. The summed E-state index contributed by atoms with van der Waals surface area (Å²) in [6.07, 6.45) is 4.70. The molecule has 3 N–H and O–H groups in total. The van der Waals surface area contributed by atoms with E-state index in [1.54, 1.807) is 0 Å². The van der Waals surface area contributed by atoms with Crippen molar-refractivity contribution < 1.29 is 5.11 Å². The number of aliphatic hydroxyl groups excluding tert-OH is 1. The number of hydrogen-bond acceptors (Lipinski definition) is 2. The van der Waals surface area contributed by atoms with Crippen LogP contribution in [0, 0.1) is 11.3 Å². The van der Waals surface area contributed by atoms with Crippen molar-refractivity contribution in [1.82, 2.24) is 0 Å². The second-order valence-electron chi connectivity index (χ2n) is 3.82. The Hall–Kier alpha value is -0.0800. The topological polar surface area (TPSA) is 46.2 Å². The molecule has 2 atom stereocenters. The molecule has 0 aromatic heterocycles. The molecule has 2 rings (SSSR count). The van der Waals surface area contributed by atoms with E-state index < -0.39 is 0 Å². The predicted octanol–water partition coefficient (Wildman–Crippen LogP) is 0.496. The number of hydrogen-bond donors (Lipinski definition) is 2. The van der Waals surface area contributed by atoms with Gasteiger partial charge in [0.2, 0.25) is 0 Å². The van der Waals surface area contributed by atoms with Gasteiger partial charge in [-0.3, -0.25) is 0 Å². The number of rotatable bonds is 3. The van der Waals surface area contributed by atoms with Gasteiger partial charge in [-0.25, -0.2) is 0 Å². The normalized spacial score (nSPS) is 36.0. The van der Waals surface area contributed by atoms with Gasteiger partial charge in [-0.15, -0.1) is 0 Å². The fourth-order valence-corrected chi connectivity index (χ4v) is 2.03. The molecule has 2 aliphatic carbocycles. The van der Waals surface area contributed by atoms with Crippen molar-refractivity contribution >= 4 is 0 Å². The van der Waals surface area contributed by atoms with Gasteiger partial charge in [0.15, 0.2) is 0 Å². The van der Waals surface area contributed by atoms with Crippen molar-refractivity contribution in [2.75, 3.05) is 6.54 Å². The molecule has 0 aliphatic heterocycles. The maximum absolute atomic E-state index is 9.48. The standard InChI is InChI=1S/C8H15NO/c9-4-1-7(10)6-5-8(6)2-3-8/h6-7,10H,1-5,9H2. The van der Waals surface area contributed by atoms with Crippen molar-refractivity contribution in [2.24, 2.45) is 17.1 Å². The fraction of sp³-hybridized carbons (Fsp3) is 1.00. The van der Waals surface area contributed by atoms with E-state index in [2.05, 4.69) is 0 Å². The van der Waals surface area contributed by atoms with E-state index in [0.717, 1.165) is 6.42 Å². The quantitative estimate of drug-likeness (QED) is 0.601. The summed E-state index contributed by atoms with van der Waals surface area (Å²) in [6.45, 7) is 0.633. The Morgan fingerprint density at radius 2 is 2.30 bits per heavy atom. The van der Waals surface area contributed by atoms with Crippen LogP contribution in [0.1, 0.15) is 25.7 Å². The second-order valence-corrected chi connectivity index (χ2v) is 3.82. The molecule has 2 saturated carbocycles. The van der Waals surface area contributed by atoms with Crippen LogP contribution in [-0.2, 0) is 0 Å². The van der Waals surface area contributed by atoms with Crippen molar-refractivity contribution in [3.05, 3.63) is 0 Å². The van der Waals surface area contributed by atoms with Crippen LogP contribution in [0.15, 0.2) is 0 Å². The molecule has 0 amide bonds. The van der Waals surface area contributed by atoms with Crippen LogP contribution in [-0.4, -0.2) is 17.8 Å². The van der Waals surface area contributed by atoms with Crippen LogP contribution in [0.5, 0.6) is 0 Å². The van der Waals surface area contributed by atoms with Crippen LogP contribution in [0.4, 0.5) is 0 Å². The van der Waals surface area contributed by atoms with Crippen molar-refractivity contribution in [1.29, 1.82) is 0 Å². The summed E-state index contributed by atoms with van der Waals surface area (Å²) in [5, 5.41) is 9.48. The monoisotopic (exact) mass is 141 g/mol. The van der Waals surface area contributed by atoms with Crippen LogP contribution in [0.3, 0.4) is 0 Å². The Labute approximate surface area is 61.4 Å². The molecular formula is C8H15NO. The third-order valence-corrected chi connectivity index (χ3v) is 3.07. The lowest BCUT2D eigenvalue weighted by molar-refractivity contribution is 0.136. The first-order valence-corrected chi connectivity index (χ1v) is 4.17. The molecule has 2 fully saturated rings. The van der Waals surface area contributed by atoms with E-state index in [1.165, 1.54) is 19.3 Å². The second kappa shape index (κ2) is 1.95. The summed E-state index contributed by atoms with van der Waals surface area (Å²) in [4.78, 5) is 0. The highest BCUT2D eigenvalue weighted by Gasteiger charge is 2.64. The smallest absolute Gasteiger partial charge is 0.0585 e. The van der Waals surface area contributed by atoms with Gasteiger partial charge in [0.1, 0.15) is 0 Å². The summed E-state index contributed by atoms with van der Waals surface area (Å²) >= 11 is 0. The molecule has 2 aliphatic rings. The third-order valence-electron chi connectivity index (χ3n) is 3.07. The molecule has 1 spiro atoms. The average molecular weight is 141 g/mol. The van der Waals surface area contributed by atoms with E-state index in [9.17, 15) is 5.11 Å². The number of nitrogens with two attached hydrogens (primary N) is 1. The lowest BCUT2D eigenvalue weighted by Crippen LogP contribution is -2.16. The molecular weight excluding hydrogens is 126 g/mol. The molecule has 2 nitrogen and oxygen atoms in total. The highest BCUT2D eigenvalue weighted by molar-refractivity contribution is 5.14. The Bertz CT molecular complexity index is 142. The van der Waals surface area contributed by atoms with Gasteiger partial charge < -0.3 is 10.8 Å². The third kappa shape index (κ3) is 0.867. The van der Waals surface area contributed by atoms with E-state index >= 15 is 0 Å². The van der Waals surface area contributed by atoms with E-state index in [4.69, 9.17) is 5.73 Å². The molecule has 0 bridgehead atoms. The van der Waals surface area contributed by atoms with Crippen LogP contribution < -0.4 is 5.73 Å². The van der Waals surface area contributed by atoms with Gasteiger partial charge >= 0.3 is 0 Å².